The van der Waals surface area contributed by atoms with Gasteiger partial charge in [-0.05, 0) is 36.4 Å². The van der Waals surface area contributed by atoms with E-state index in [1.165, 1.54) is 0 Å². The van der Waals surface area contributed by atoms with E-state index in [4.69, 9.17) is 9.47 Å². The number of aromatic nitrogens is 3. The number of hydrogen-bond acceptors (Lipinski definition) is 6. The molecule has 1 aromatic heterocycles. The van der Waals surface area contributed by atoms with Crippen LogP contribution in [0, 0.1) is 0 Å². The second-order valence-electron chi connectivity index (χ2n) is 6.57. The summed E-state index contributed by atoms with van der Waals surface area (Å²) in [6.45, 7) is 1.46. The molecule has 0 saturated heterocycles. The molecular weight excluding hydrogens is 374 g/mol. The molecule has 0 unspecified atom stereocenters. The second kappa shape index (κ2) is 8.09. The number of urea groups is 1. The molecule has 0 bridgehead atoms. The quantitative estimate of drug-likeness (QED) is 0.701. The lowest BCUT2D eigenvalue weighted by Crippen LogP contribution is -2.40. The summed E-state index contributed by atoms with van der Waals surface area (Å²) in [4.78, 5) is 14.3. The number of ether oxygens (including phenoxy) is 2. The number of rotatable bonds is 4. The van der Waals surface area contributed by atoms with Gasteiger partial charge in [0, 0.05) is 11.6 Å². The monoisotopic (exact) mass is 395 g/mol. The molecule has 0 saturated carbocycles. The highest BCUT2D eigenvalue weighted by Gasteiger charge is 2.20. The van der Waals surface area contributed by atoms with E-state index in [1.54, 1.807) is 41.1 Å². The molecule has 2 N–H and O–H groups in total. The number of carbonyl (C=O) groups excluding carboxylic acids is 1. The first-order valence-corrected chi connectivity index (χ1v) is 9.15. The summed E-state index contributed by atoms with van der Waals surface area (Å²) in [7, 11) is 1.62. The zero-order valence-corrected chi connectivity index (χ0v) is 15.9. The molecule has 0 radical (unpaired) electrons. The van der Waals surface area contributed by atoms with Gasteiger partial charge >= 0.3 is 6.03 Å². The SMILES string of the molecule is COc1ccc(-n2cc(CNC(=O)N3CCOc4cc(O)ccc4C3)nn2)cc1. The fraction of sp³-hybridized carbons (Fsp3) is 0.250. The predicted molar refractivity (Wildman–Crippen MR) is 104 cm³/mol. The number of amides is 2. The summed E-state index contributed by atoms with van der Waals surface area (Å²) in [5.41, 5.74) is 2.34. The van der Waals surface area contributed by atoms with Crippen molar-refractivity contribution < 1.29 is 19.4 Å². The van der Waals surface area contributed by atoms with Gasteiger partial charge in [0.1, 0.15) is 29.5 Å². The van der Waals surface area contributed by atoms with Crippen molar-refractivity contribution in [3.63, 3.8) is 0 Å². The maximum absolute atomic E-state index is 12.6. The van der Waals surface area contributed by atoms with E-state index < -0.39 is 0 Å². The molecule has 0 spiro atoms. The standard InChI is InChI=1S/C20H21N5O4/c1-28-18-6-3-16(4-7-18)25-13-15(22-23-25)11-21-20(27)24-8-9-29-19-10-17(26)5-2-14(19)12-24/h2-7,10,13,26H,8-9,11-12H2,1H3,(H,21,27). The van der Waals surface area contributed by atoms with Crippen LogP contribution in [0.25, 0.3) is 5.69 Å². The van der Waals surface area contributed by atoms with Gasteiger partial charge in [-0.2, -0.15) is 0 Å². The van der Waals surface area contributed by atoms with Gasteiger partial charge in [-0.3, -0.25) is 0 Å². The van der Waals surface area contributed by atoms with Crippen molar-refractivity contribution in [2.24, 2.45) is 0 Å². The number of benzene rings is 2. The highest BCUT2D eigenvalue weighted by atomic mass is 16.5. The van der Waals surface area contributed by atoms with Crippen LogP contribution < -0.4 is 14.8 Å². The summed E-state index contributed by atoms with van der Waals surface area (Å²) < 4.78 is 12.4. The molecule has 0 aliphatic carbocycles. The minimum atomic E-state index is -0.214. The number of fused-ring (bicyclic) bond motifs is 1. The van der Waals surface area contributed by atoms with Gasteiger partial charge in [-0.1, -0.05) is 5.21 Å². The van der Waals surface area contributed by atoms with E-state index in [0.717, 1.165) is 17.0 Å². The van der Waals surface area contributed by atoms with Crippen molar-refractivity contribution in [1.29, 1.82) is 0 Å². The summed E-state index contributed by atoms with van der Waals surface area (Å²) in [5.74, 6) is 1.50. The maximum Gasteiger partial charge on any atom is 0.318 e. The van der Waals surface area contributed by atoms with Crippen LogP contribution in [0.4, 0.5) is 4.79 Å². The fourth-order valence-electron chi connectivity index (χ4n) is 3.05. The van der Waals surface area contributed by atoms with Crippen molar-refractivity contribution >= 4 is 6.03 Å². The van der Waals surface area contributed by atoms with Gasteiger partial charge in [0.05, 0.1) is 38.6 Å². The molecule has 150 valence electrons. The average Bonchev–Trinajstić information content (AvgIpc) is 3.11. The number of phenols is 1. The Morgan fingerprint density at radius 2 is 2.10 bits per heavy atom. The lowest BCUT2D eigenvalue weighted by Gasteiger charge is -2.20. The van der Waals surface area contributed by atoms with Crippen LogP contribution >= 0.6 is 0 Å². The Bertz CT molecular complexity index is 1000. The predicted octanol–water partition coefficient (Wildman–Crippen LogP) is 2.09. The lowest BCUT2D eigenvalue weighted by molar-refractivity contribution is 0.187. The van der Waals surface area contributed by atoms with Gasteiger partial charge in [0.15, 0.2) is 0 Å². The summed E-state index contributed by atoms with van der Waals surface area (Å²) in [6.07, 6.45) is 1.77. The van der Waals surface area contributed by atoms with Crippen LogP contribution in [-0.2, 0) is 13.1 Å². The zero-order chi connectivity index (χ0) is 20.2. The minimum absolute atomic E-state index is 0.140. The summed E-state index contributed by atoms with van der Waals surface area (Å²) in [6, 6.07) is 12.1. The van der Waals surface area contributed by atoms with Crippen molar-refractivity contribution in [3.05, 3.63) is 59.9 Å². The second-order valence-corrected chi connectivity index (χ2v) is 6.57. The molecule has 0 atom stereocenters. The Morgan fingerprint density at radius 3 is 2.90 bits per heavy atom. The molecule has 0 fully saturated rings. The first kappa shape index (κ1) is 18.6. The van der Waals surface area contributed by atoms with Gasteiger partial charge in [-0.25, -0.2) is 9.48 Å². The number of hydrogen-bond donors (Lipinski definition) is 2. The molecule has 4 rings (SSSR count). The molecule has 3 aromatic rings. The number of nitrogens with zero attached hydrogens (tertiary/aromatic N) is 4. The van der Waals surface area contributed by atoms with E-state index in [1.807, 2.05) is 24.3 Å². The molecule has 29 heavy (non-hydrogen) atoms. The Morgan fingerprint density at radius 1 is 1.28 bits per heavy atom. The Hall–Kier alpha value is -3.75. The average molecular weight is 395 g/mol. The van der Waals surface area contributed by atoms with Crippen molar-refractivity contribution in [2.75, 3.05) is 20.3 Å². The molecule has 9 nitrogen and oxygen atoms in total. The van der Waals surface area contributed by atoms with Gasteiger partial charge in [0.25, 0.3) is 0 Å². The highest BCUT2D eigenvalue weighted by molar-refractivity contribution is 5.74. The Balaban J connectivity index is 1.37. The van der Waals surface area contributed by atoms with Crippen molar-refractivity contribution in [1.82, 2.24) is 25.2 Å². The molecule has 9 heteroatoms. The Kier molecular flexibility index (Phi) is 5.19. The van der Waals surface area contributed by atoms with Crippen molar-refractivity contribution in [2.45, 2.75) is 13.1 Å². The number of nitrogens with one attached hydrogen (secondary N) is 1. The van der Waals surface area contributed by atoms with E-state index >= 15 is 0 Å². The van der Waals surface area contributed by atoms with Crippen LogP contribution in [0.1, 0.15) is 11.3 Å². The number of aromatic hydroxyl groups is 1. The lowest BCUT2D eigenvalue weighted by atomic mass is 10.2. The van der Waals surface area contributed by atoms with Crippen molar-refractivity contribution in [3.8, 4) is 22.9 Å². The van der Waals surface area contributed by atoms with Gasteiger partial charge in [-0.15, -0.1) is 5.10 Å². The summed E-state index contributed by atoms with van der Waals surface area (Å²) >= 11 is 0. The van der Waals surface area contributed by atoms with Crippen LogP contribution in [0.15, 0.2) is 48.7 Å². The minimum Gasteiger partial charge on any atom is -0.508 e. The smallest absolute Gasteiger partial charge is 0.318 e. The topological polar surface area (TPSA) is 102 Å². The molecule has 2 aromatic carbocycles. The van der Waals surface area contributed by atoms with Crippen LogP contribution in [0.3, 0.4) is 0 Å². The molecular formula is C20H21N5O4. The van der Waals surface area contributed by atoms with E-state index in [2.05, 4.69) is 15.6 Å². The van der Waals surface area contributed by atoms with E-state index in [9.17, 15) is 9.90 Å². The number of phenolic OH excluding ortho intramolecular Hbond substituents is 1. The van der Waals surface area contributed by atoms with E-state index in [-0.39, 0.29) is 18.3 Å². The normalized spacial score (nSPS) is 13.2. The fourth-order valence-corrected chi connectivity index (χ4v) is 3.05. The zero-order valence-electron chi connectivity index (χ0n) is 15.9. The highest BCUT2D eigenvalue weighted by Crippen LogP contribution is 2.27. The Labute approximate surface area is 167 Å². The molecule has 2 amide bonds. The largest absolute Gasteiger partial charge is 0.508 e. The number of methoxy groups -OCH3 is 1. The van der Waals surface area contributed by atoms with Crippen LogP contribution in [0.5, 0.6) is 17.2 Å². The summed E-state index contributed by atoms with van der Waals surface area (Å²) in [5, 5.41) is 20.7. The van der Waals surface area contributed by atoms with Gasteiger partial charge in [0.2, 0.25) is 0 Å². The first-order chi connectivity index (χ1) is 14.1. The van der Waals surface area contributed by atoms with Crippen LogP contribution in [0.2, 0.25) is 0 Å². The number of carbonyl (C=O) groups is 1. The molecule has 2 heterocycles. The maximum atomic E-state index is 12.6. The molecule has 1 aliphatic heterocycles. The van der Waals surface area contributed by atoms with Crippen LogP contribution in [-0.4, -0.2) is 51.3 Å². The van der Waals surface area contributed by atoms with Gasteiger partial charge < -0.3 is 24.8 Å². The third-order valence-electron chi connectivity index (χ3n) is 4.62. The first-order valence-electron chi connectivity index (χ1n) is 9.15. The van der Waals surface area contributed by atoms with E-state index in [0.29, 0.717) is 31.1 Å². The third kappa shape index (κ3) is 4.23. The molecule has 1 aliphatic rings. The third-order valence-corrected chi connectivity index (χ3v) is 4.62.